The molecule has 1 aromatic heterocycles. The molecule has 0 atom stereocenters. The molecule has 2 heterocycles. The minimum absolute atomic E-state index is 0.792. The number of piperidine rings is 1. The molecule has 0 saturated carbocycles. The number of halogens is 1. The molecule has 1 aliphatic heterocycles. The molecule has 17 heavy (non-hydrogen) atoms. The summed E-state index contributed by atoms with van der Waals surface area (Å²) < 4.78 is 1.19. The van der Waals surface area contributed by atoms with Crippen LogP contribution in [0.5, 0.6) is 0 Å². The fourth-order valence-electron chi connectivity index (χ4n) is 2.22. The molecule has 0 spiro atoms. The SMILES string of the molecule is CC1CCN(c2nc3ccc(Cl)cc3s2)CC1. The van der Waals surface area contributed by atoms with Gasteiger partial charge in [-0.05, 0) is 37.0 Å². The smallest absolute Gasteiger partial charge is 0.186 e. The molecular formula is C13H15ClN2S. The van der Waals surface area contributed by atoms with Crippen molar-refractivity contribution in [3.8, 4) is 0 Å². The van der Waals surface area contributed by atoms with Crippen molar-refractivity contribution in [1.29, 1.82) is 0 Å². The van der Waals surface area contributed by atoms with Gasteiger partial charge < -0.3 is 4.90 Å². The van der Waals surface area contributed by atoms with Gasteiger partial charge in [0.25, 0.3) is 0 Å². The van der Waals surface area contributed by atoms with Gasteiger partial charge in [0.1, 0.15) is 0 Å². The Bertz CT molecular complexity index is 529. The van der Waals surface area contributed by atoms with Crippen LogP contribution < -0.4 is 4.90 Å². The van der Waals surface area contributed by atoms with E-state index < -0.39 is 0 Å². The molecule has 0 N–H and O–H groups in total. The van der Waals surface area contributed by atoms with Gasteiger partial charge in [-0.3, -0.25) is 0 Å². The molecule has 1 aliphatic rings. The maximum absolute atomic E-state index is 6.00. The highest BCUT2D eigenvalue weighted by molar-refractivity contribution is 7.22. The Morgan fingerprint density at radius 1 is 1.35 bits per heavy atom. The second-order valence-corrected chi connectivity index (χ2v) is 6.22. The summed E-state index contributed by atoms with van der Waals surface area (Å²) in [6, 6.07) is 5.92. The molecule has 0 amide bonds. The molecule has 0 unspecified atom stereocenters. The van der Waals surface area contributed by atoms with E-state index >= 15 is 0 Å². The molecule has 2 nitrogen and oxygen atoms in total. The van der Waals surface area contributed by atoms with Gasteiger partial charge in [0.2, 0.25) is 0 Å². The van der Waals surface area contributed by atoms with E-state index in [0.717, 1.165) is 34.7 Å². The lowest BCUT2D eigenvalue weighted by atomic mass is 10.00. The van der Waals surface area contributed by atoms with Gasteiger partial charge in [-0.15, -0.1) is 0 Å². The second-order valence-electron chi connectivity index (χ2n) is 4.78. The Hall–Kier alpha value is -0.800. The molecular weight excluding hydrogens is 252 g/mol. The van der Waals surface area contributed by atoms with Gasteiger partial charge in [-0.2, -0.15) is 0 Å². The summed E-state index contributed by atoms with van der Waals surface area (Å²) in [4.78, 5) is 7.09. The van der Waals surface area contributed by atoms with E-state index in [1.165, 1.54) is 17.5 Å². The Morgan fingerprint density at radius 2 is 2.12 bits per heavy atom. The Labute approximate surface area is 110 Å². The van der Waals surface area contributed by atoms with Crippen LogP contribution >= 0.6 is 22.9 Å². The van der Waals surface area contributed by atoms with E-state index in [1.54, 1.807) is 11.3 Å². The zero-order valence-electron chi connectivity index (χ0n) is 9.82. The van der Waals surface area contributed by atoms with Crippen molar-refractivity contribution in [2.45, 2.75) is 19.8 Å². The van der Waals surface area contributed by atoms with Crippen molar-refractivity contribution >= 4 is 38.3 Å². The zero-order chi connectivity index (χ0) is 11.8. The molecule has 1 saturated heterocycles. The molecule has 4 heteroatoms. The van der Waals surface area contributed by atoms with E-state index in [2.05, 4.69) is 16.8 Å². The average Bonchev–Trinajstić information content (AvgIpc) is 2.72. The molecule has 3 rings (SSSR count). The van der Waals surface area contributed by atoms with Gasteiger partial charge in [0.15, 0.2) is 5.13 Å². The molecule has 1 aromatic carbocycles. The lowest BCUT2D eigenvalue weighted by Crippen LogP contribution is -2.32. The normalized spacial score (nSPS) is 17.9. The summed E-state index contributed by atoms with van der Waals surface area (Å²) in [6.45, 7) is 4.60. The average molecular weight is 267 g/mol. The van der Waals surface area contributed by atoms with Crippen LogP contribution in [0.2, 0.25) is 5.02 Å². The summed E-state index contributed by atoms with van der Waals surface area (Å²) >= 11 is 7.75. The quantitative estimate of drug-likeness (QED) is 0.770. The highest BCUT2D eigenvalue weighted by Crippen LogP contribution is 2.32. The fraction of sp³-hybridized carbons (Fsp3) is 0.462. The van der Waals surface area contributed by atoms with Gasteiger partial charge >= 0.3 is 0 Å². The molecule has 2 aromatic rings. The number of anilines is 1. The third-order valence-corrected chi connectivity index (χ3v) is 4.71. The van der Waals surface area contributed by atoms with Crippen molar-refractivity contribution in [2.24, 2.45) is 5.92 Å². The number of aromatic nitrogens is 1. The number of hydrogen-bond donors (Lipinski definition) is 0. The fourth-order valence-corrected chi connectivity index (χ4v) is 3.51. The maximum atomic E-state index is 6.00. The predicted octanol–water partition coefficient (Wildman–Crippen LogP) is 4.19. The van der Waals surface area contributed by atoms with Gasteiger partial charge in [-0.25, -0.2) is 4.98 Å². The summed E-state index contributed by atoms with van der Waals surface area (Å²) in [7, 11) is 0. The van der Waals surface area contributed by atoms with Crippen LogP contribution in [0.1, 0.15) is 19.8 Å². The van der Waals surface area contributed by atoms with Crippen LogP contribution in [0, 0.1) is 5.92 Å². The zero-order valence-corrected chi connectivity index (χ0v) is 11.4. The summed E-state index contributed by atoms with van der Waals surface area (Å²) in [6.07, 6.45) is 2.55. The number of nitrogens with zero attached hydrogens (tertiary/aromatic N) is 2. The van der Waals surface area contributed by atoms with Crippen molar-refractivity contribution < 1.29 is 0 Å². The summed E-state index contributed by atoms with van der Waals surface area (Å²) in [5.41, 5.74) is 1.06. The minimum Gasteiger partial charge on any atom is -0.348 e. The van der Waals surface area contributed by atoms with Crippen molar-refractivity contribution in [3.05, 3.63) is 23.2 Å². The number of hydrogen-bond acceptors (Lipinski definition) is 3. The van der Waals surface area contributed by atoms with E-state index in [-0.39, 0.29) is 0 Å². The highest BCUT2D eigenvalue weighted by Gasteiger charge is 2.18. The Balaban J connectivity index is 1.90. The first-order chi connectivity index (χ1) is 8.22. The topological polar surface area (TPSA) is 16.1 Å². The molecule has 0 aliphatic carbocycles. The van der Waals surface area contributed by atoms with E-state index in [1.807, 2.05) is 18.2 Å². The molecule has 0 radical (unpaired) electrons. The van der Waals surface area contributed by atoms with Crippen LogP contribution in [0.15, 0.2) is 18.2 Å². The largest absolute Gasteiger partial charge is 0.348 e. The van der Waals surface area contributed by atoms with Crippen LogP contribution in [0.25, 0.3) is 10.2 Å². The van der Waals surface area contributed by atoms with Gasteiger partial charge in [-0.1, -0.05) is 29.9 Å². The van der Waals surface area contributed by atoms with Gasteiger partial charge in [0.05, 0.1) is 10.2 Å². The van der Waals surface area contributed by atoms with E-state index in [0.29, 0.717) is 0 Å². The first-order valence-corrected chi connectivity index (χ1v) is 7.23. The van der Waals surface area contributed by atoms with E-state index in [9.17, 15) is 0 Å². The summed E-state index contributed by atoms with van der Waals surface area (Å²) in [5.74, 6) is 0.857. The van der Waals surface area contributed by atoms with Crippen molar-refractivity contribution in [3.63, 3.8) is 0 Å². The third kappa shape index (κ3) is 2.26. The standard InChI is InChI=1S/C13H15ClN2S/c1-9-4-6-16(7-5-9)13-15-11-3-2-10(14)8-12(11)17-13/h2-3,8-9H,4-7H2,1H3. The lowest BCUT2D eigenvalue weighted by Gasteiger charge is -2.29. The van der Waals surface area contributed by atoms with Crippen LogP contribution in [0.4, 0.5) is 5.13 Å². The number of benzene rings is 1. The van der Waals surface area contributed by atoms with Crippen molar-refractivity contribution in [2.75, 3.05) is 18.0 Å². The first kappa shape index (κ1) is 11.3. The molecule has 0 bridgehead atoms. The van der Waals surface area contributed by atoms with Crippen LogP contribution in [0.3, 0.4) is 0 Å². The number of fused-ring (bicyclic) bond motifs is 1. The molecule has 1 fully saturated rings. The summed E-state index contributed by atoms with van der Waals surface area (Å²) in [5, 5.41) is 1.94. The lowest BCUT2D eigenvalue weighted by molar-refractivity contribution is 0.438. The first-order valence-electron chi connectivity index (χ1n) is 6.03. The third-order valence-electron chi connectivity index (χ3n) is 3.39. The monoisotopic (exact) mass is 266 g/mol. The van der Waals surface area contributed by atoms with Gasteiger partial charge in [0, 0.05) is 18.1 Å². The Kier molecular flexibility index (Phi) is 2.97. The minimum atomic E-state index is 0.792. The number of thiazole rings is 1. The molecule has 90 valence electrons. The predicted molar refractivity (Wildman–Crippen MR) is 75.2 cm³/mol. The second kappa shape index (κ2) is 4.46. The maximum Gasteiger partial charge on any atom is 0.186 e. The van der Waals surface area contributed by atoms with Crippen LogP contribution in [-0.2, 0) is 0 Å². The van der Waals surface area contributed by atoms with Crippen molar-refractivity contribution in [1.82, 2.24) is 4.98 Å². The van der Waals surface area contributed by atoms with E-state index in [4.69, 9.17) is 11.6 Å². The number of rotatable bonds is 1. The highest BCUT2D eigenvalue weighted by atomic mass is 35.5. The Morgan fingerprint density at radius 3 is 2.88 bits per heavy atom. The van der Waals surface area contributed by atoms with Crippen LogP contribution in [-0.4, -0.2) is 18.1 Å².